The molecule has 0 spiro atoms. The van der Waals surface area contributed by atoms with Gasteiger partial charge in [0.25, 0.3) is 5.56 Å². The van der Waals surface area contributed by atoms with Gasteiger partial charge in [-0.25, -0.2) is 10.4 Å². The summed E-state index contributed by atoms with van der Waals surface area (Å²) in [6.07, 6.45) is 0. The maximum Gasteiger partial charge on any atom is 0.252 e. The molecular formula is C18H17N5O. The average molecular weight is 319 g/mol. The second kappa shape index (κ2) is 6.78. The molecule has 0 saturated carbocycles. The van der Waals surface area contributed by atoms with Gasteiger partial charge >= 0.3 is 0 Å². The van der Waals surface area contributed by atoms with Gasteiger partial charge in [0.15, 0.2) is 0 Å². The molecule has 0 aliphatic heterocycles. The van der Waals surface area contributed by atoms with Gasteiger partial charge in [-0.1, -0.05) is 42.5 Å². The van der Waals surface area contributed by atoms with Gasteiger partial charge in [-0.15, -0.1) is 0 Å². The van der Waals surface area contributed by atoms with E-state index in [1.54, 1.807) is 0 Å². The Morgan fingerprint density at radius 2 is 1.92 bits per heavy atom. The third kappa shape index (κ3) is 3.67. The summed E-state index contributed by atoms with van der Waals surface area (Å²) in [4.78, 5) is 18.9. The van der Waals surface area contributed by atoms with Crippen molar-refractivity contribution in [1.82, 2.24) is 9.97 Å². The summed E-state index contributed by atoms with van der Waals surface area (Å²) in [6.45, 7) is 1.85. The maximum absolute atomic E-state index is 11.8. The van der Waals surface area contributed by atoms with Gasteiger partial charge in [0, 0.05) is 17.3 Å². The highest BCUT2D eigenvalue weighted by Crippen LogP contribution is 2.15. The second-order valence-electron chi connectivity index (χ2n) is 5.28. The van der Waals surface area contributed by atoms with E-state index in [0.29, 0.717) is 11.4 Å². The van der Waals surface area contributed by atoms with Gasteiger partial charge < -0.3 is 5.73 Å². The fraction of sp³-hybridized carbons (Fsp3) is 0.0556. The van der Waals surface area contributed by atoms with Gasteiger partial charge in [0.05, 0.1) is 11.4 Å². The minimum Gasteiger partial charge on any atom is -0.399 e. The molecule has 24 heavy (non-hydrogen) atoms. The van der Waals surface area contributed by atoms with Crippen molar-refractivity contribution in [2.24, 2.45) is 5.10 Å². The number of nitrogens with one attached hydrogen (secondary N) is 2. The monoisotopic (exact) mass is 319 g/mol. The van der Waals surface area contributed by atoms with Crippen LogP contribution in [0, 0.1) is 0 Å². The number of nitrogens with zero attached hydrogens (tertiary/aromatic N) is 2. The van der Waals surface area contributed by atoms with Crippen molar-refractivity contribution in [2.75, 3.05) is 11.2 Å². The summed E-state index contributed by atoms with van der Waals surface area (Å²) in [6, 6.07) is 18.4. The van der Waals surface area contributed by atoms with Crippen LogP contribution in [0.5, 0.6) is 0 Å². The zero-order chi connectivity index (χ0) is 16.9. The third-order valence-corrected chi connectivity index (χ3v) is 3.45. The van der Waals surface area contributed by atoms with Crippen LogP contribution < -0.4 is 16.7 Å². The predicted molar refractivity (Wildman–Crippen MR) is 97.0 cm³/mol. The molecule has 3 rings (SSSR count). The SMILES string of the molecule is C/C(=N/Nc1nc(-c2ccccc2)cc(=O)[nH]1)c1cccc(N)c1. The molecule has 0 unspecified atom stereocenters. The highest BCUT2D eigenvalue weighted by molar-refractivity contribution is 5.99. The Labute approximate surface area is 139 Å². The number of aromatic amines is 1. The van der Waals surface area contributed by atoms with Crippen LogP contribution in [0.2, 0.25) is 0 Å². The Kier molecular flexibility index (Phi) is 4.38. The number of rotatable bonds is 4. The lowest BCUT2D eigenvalue weighted by atomic mass is 10.1. The molecule has 6 heteroatoms. The summed E-state index contributed by atoms with van der Waals surface area (Å²) in [5.74, 6) is 0.282. The highest BCUT2D eigenvalue weighted by atomic mass is 16.1. The van der Waals surface area contributed by atoms with E-state index in [4.69, 9.17) is 5.73 Å². The van der Waals surface area contributed by atoms with Crippen LogP contribution in [0.15, 0.2) is 70.6 Å². The fourth-order valence-electron chi connectivity index (χ4n) is 2.23. The molecule has 2 aromatic carbocycles. The van der Waals surface area contributed by atoms with Gasteiger partial charge in [-0.2, -0.15) is 5.10 Å². The Morgan fingerprint density at radius 3 is 2.67 bits per heavy atom. The van der Waals surface area contributed by atoms with Crippen LogP contribution in [0.25, 0.3) is 11.3 Å². The molecule has 1 heterocycles. The highest BCUT2D eigenvalue weighted by Gasteiger charge is 2.04. The maximum atomic E-state index is 11.8. The molecule has 0 saturated heterocycles. The van der Waals surface area contributed by atoms with Crippen molar-refractivity contribution in [3.8, 4) is 11.3 Å². The molecule has 3 aromatic rings. The summed E-state index contributed by atoms with van der Waals surface area (Å²) < 4.78 is 0. The first-order valence-electron chi connectivity index (χ1n) is 7.45. The summed E-state index contributed by atoms with van der Waals surface area (Å²) in [7, 11) is 0. The molecule has 0 atom stereocenters. The summed E-state index contributed by atoms with van der Waals surface area (Å²) >= 11 is 0. The number of nitrogen functional groups attached to an aromatic ring is 1. The lowest BCUT2D eigenvalue weighted by Crippen LogP contribution is -2.11. The van der Waals surface area contributed by atoms with Crippen molar-refractivity contribution in [3.05, 3.63) is 76.6 Å². The van der Waals surface area contributed by atoms with Crippen molar-refractivity contribution in [3.63, 3.8) is 0 Å². The molecular weight excluding hydrogens is 302 g/mol. The largest absolute Gasteiger partial charge is 0.399 e. The number of hydrogen-bond acceptors (Lipinski definition) is 5. The van der Waals surface area contributed by atoms with Crippen LogP contribution in [-0.4, -0.2) is 15.7 Å². The smallest absolute Gasteiger partial charge is 0.252 e. The first-order valence-corrected chi connectivity index (χ1v) is 7.45. The number of H-pyrrole nitrogens is 1. The Morgan fingerprint density at radius 1 is 1.12 bits per heavy atom. The lowest BCUT2D eigenvalue weighted by Gasteiger charge is -2.06. The van der Waals surface area contributed by atoms with Gasteiger partial charge in [-0.3, -0.25) is 9.78 Å². The van der Waals surface area contributed by atoms with Crippen molar-refractivity contribution in [2.45, 2.75) is 6.92 Å². The first kappa shape index (κ1) is 15.5. The topological polar surface area (TPSA) is 96.2 Å². The van der Waals surface area contributed by atoms with E-state index < -0.39 is 0 Å². The molecule has 0 aliphatic carbocycles. The van der Waals surface area contributed by atoms with E-state index in [-0.39, 0.29) is 11.5 Å². The van der Waals surface area contributed by atoms with E-state index in [1.165, 1.54) is 6.07 Å². The molecule has 4 N–H and O–H groups in total. The standard InChI is InChI=1S/C18H17N5O/c1-12(14-8-5-9-15(19)10-14)22-23-18-20-16(11-17(24)21-18)13-6-3-2-4-7-13/h2-11H,19H2,1H3,(H2,20,21,23,24)/b22-12-. The number of anilines is 2. The average Bonchev–Trinajstić information content (AvgIpc) is 2.60. The second-order valence-corrected chi connectivity index (χ2v) is 5.28. The van der Waals surface area contributed by atoms with Crippen molar-refractivity contribution >= 4 is 17.3 Å². The molecule has 6 nitrogen and oxygen atoms in total. The van der Waals surface area contributed by atoms with Crippen molar-refractivity contribution in [1.29, 1.82) is 0 Å². The quantitative estimate of drug-likeness (QED) is 0.391. The zero-order valence-corrected chi connectivity index (χ0v) is 13.2. The van der Waals surface area contributed by atoms with Gasteiger partial charge in [0.2, 0.25) is 5.95 Å². The summed E-state index contributed by atoms with van der Waals surface area (Å²) in [5, 5.41) is 4.26. The van der Waals surface area contributed by atoms with Crippen LogP contribution in [0.4, 0.5) is 11.6 Å². The molecule has 0 aliphatic rings. The molecule has 0 radical (unpaired) electrons. The Bertz CT molecular complexity index is 931. The molecule has 0 bridgehead atoms. The van der Waals surface area contributed by atoms with E-state index in [1.807, 2.05) is 61.5 Å². The van der Waals surface area contributed by atoms with Gasteiger partial charge in [0.1, 0.15) is 0 Å². The minimum absolute atomic E-state index is 0.247. The van der Waals surface area contributed by atoms with E-state index >= 15 is 0 Å². The van der Waals surface area contributed by atoms with Gasteiger partial charge in [-0.05, 0) is 24.6 Å². The number of hydrogen-bond donors (Lipinski definition) is 3. The van der Waals surface area contributed by atoms with E-state index in [0.717, 1.165) is 16.8 Å². The van der Waals surface area contributed by atoms with Crippen LogP contribution in [-0.2, 0) is 0 Å². The number of nitrogens with two attached hydrogens (primary N) is 1. The Hall–Kier alpha value is -3.41. The van der Waals surface area contributed by atoms with Crippen LogP contribution in [0.1, 0.15) is 12.5 Å². The number of hydrazone groups is 1. The zero-order valence-electron chi connectivity index (χ0n) is 13.2. The van der Waals surface area contributed by atoms with E-state index in [2.05, 4.69) is 20.5 Å². The molecule has 0 fully saturated rings. The normalized spacial score (nSPS) is 11.3. The number of benzene rings is 2. The fourth-order valence-corrected chi connectivity index (χ4v) is 2.23. The lowest BCUT2D eigenvalue weighted by molar-refractivity contribution is 1.08. The third-order valence-electron chi connectivity index (χ3n) is 3.45. The van der Waals surface area contributed by atoms with Crippen LogP contribution in [0.3, 0.4) is 0 Å². The number of aromatic nitrogens is 2. The summed E-state index contributed by atoms with van der Waals surface area (Å²) in [5.41, 5.74) is 12.1. The molecule has 120 valence electrons. The minimum atomic E-state index is -0.247. The predicted octanol–water partition coefficient (Wildman–Crippen LogP) is 2.86. The Balaban J connectivity index is 1.87. The van der Waals surface area contributed by atoms with Crippen LogP contribution >= 0.6 is 0 Å². The van der Waals surface area contributed by atoms with E-state index in [9.17, 15) is 4.79 Å². The molecule has 0 amide bonds. The molecule has 1 aromatic heterocycles. The van der Waals surface area contributed by atoms with Crippen molar-refractivity contribution < 1.29 is 0 Å². The first-order chi connectivity index (χ1) is 11.6.